The summed E-state index contributed by atoms with van der Waals surface area (Å²) in [7, 11) is 0. The van der Waals surface area contributed by atoms with Crippen LogP contribution in [0.5, 0.6) is 11.5 Å². The molecule has 0 heterocycles. The molecule has 3 heteroatoms. The number of aliphatic imine (C=N–C) groups is 1. The van der Waals surface area contributed by atoms with E-state index in [0.717, 1.165) is 11.1 Å². The lowest BCUT2D eigenvalue weighted by atomic mass is 9.77. The molecule has 0 atom stereocenters. The average molecular weight is 371 g/mol. The van der Waals surface area contributed by atoms with E-state index in [1.807, 2.05) is 60.7 Å². The topological polar surface area (TPSA) is 41.8 Å². The molecule has 0 aliphatic carbocycles. The highest BCUT2D eigenvalue weighted by Crippen LogP contribution is 2.38. The van der Waals surface area contributed by atoms with E-state index >= 15 is 0 Å². The molecule has 0 aromatic heterocycles. The second-order valence-corrected chi connectivity index (χ2v) is 7.06. The van der Waals surface area contributed by atoms with E-state index in [2.05, 4.69) is 37.6 Å². The number of para-hydroxylation sites is 3. The van der Waals surface area contributed by atoms with Crippen LogP contribution in [0.2, 0.25) is 0 Å². The third-order valence-electron chi connectivity index (χ3n) is 4.80. The van der Waals surface area contributed by atoms with Crippen molar-refractivity contribution in [2.45, 2.75) is 19.3 Å². The molecule has 0 bridgehead atoms. The highest BCUT2D eigenvalue weighted by Gasteiger charge is 2.26. The van der Waals surface area contributed by atoms with Crippen LogP contribution in [0.25, 0.3) is 0 Å². The van der Waals surface area contributed by atoms with Crippen LogP contribution in [0.3, 0.4) is 0 Å². The summed E-state index contributed by atoms with van der Waals surface area (Å²) in [5.74, 6) is 0.920. The molecule has 0 spiro atoms. The molecule has 3 aromatic rings. The number of ether oxygens (including phenoxy) is 1. The number of phenolic OH excluding ortho intramolecular Hbond substituents is 1. The van der Waals surface area contributed by atoms with Crippen molar-refractivity contribution >= 4 is 11.9 Å². The second kappa shape index (κ2) is 8.57. The van der Waals surface area contributed by atoms with Crippen LogP contribution >= 0.6 is 0 Å². The Morgan fingerprint density at radius 3 is 2.43 bits per heavy atom. The Labute approximate surface area is 166 Å². The molecule has 3 aromatic carbocycles. The Kier molecular flexibility index (Phi) is 5.95. The Morgan fingerprint density at radius 1 is 0.964 bits per heavy atom. The third-order valence-corrected chi connectivity index (χ3v) is 4.80. The largest absolute Gasteiger partial charge is 0.507 e. The average Bonchev–Trinajstić information content (AvgIpc) is 2.72. The zero-order valence-corrected chi connectivity index (χ0v) is 16.3. The summed E-state index contributed by atoms with van der Waals surface area (Å²) in [6.07, 6.45) is 3.37. The molecule has 3 rings (SSSR count). The first-order chi connectivity index (χ1) is 13.5. The van der Waals surface area contributed by atoms with Gasteiger partial charge in [0.05, 0.1) is 0 Å². The van der Waals surface area contributed by atoms with Crippen molar-refractivity contribution in [3.8, 4) is 11.5 Å². The van der Waals surface area contributed by atoms with Gasteiger partial charge in [-0.25, -0.2) is 0 Å². The van der Waals surface area contributed by atoms with Crippen LogP contribution in [0.1, 0.15) is 30.5 Å². The maximum Gasteiger partial charge on any atom is 0.145 e. The van der Waals surface area contributed by atoms with Gasteiger partial charge in [0.1, 0.15) is 23.8 Å². The Hall–Kier alpha value is -3.33. The first-order valence-corrected chi connectivity index (χ1v) is 9.29. The summed E-state index contributed by atoms with van der Waals surface area (Å²) in [4.78, 5) is 4.54. The smallest absolute Gasteiger partial charge is 0.145 e. The molecule has 0 aliphatic rings. The van der Waals surface area contributed by atoms with E-state index in [1.54, 1.807) is 12.3 Å². The molecule has 0 unspecified atom stereocenters. The molecule has 0 fully saturated rings. The molecule has 0 radical (unpaired) electrons. The predicted molar refractivity (Wildman–Crippen MR) is 116 cm³/mol. The zero-order valence-electron chi connectivity index (χ0n) is 16.3. The lowest BCUT2D eigenvalue weighted by molar-refractivity contribution is 0.364. The fourth-order valence-electron chi connectivity index (χ4n) is 3.15. The van der Waals surface area contributed by atoms with Crippen LogP contribution in [-0.2, 0) is 5.41 Å². The van der Waals surface area contributed by atoms with Crippen molar-refractivity contribution in [1.82, 2.24) is 0 Å². The molecular weight excluding hydrogens is 346 g/mol. The maximum atomic E-state index is 10.9. The Bertz CT molecular complexity index is 975. The van der Waals surface area contributed by atoms with Gasteiger partial charge >= 0.3 is 0 Å². The quantitative estimate of drug-likeness (QED) is 0.407. The number of phenols is 1. The van der Waals surface area contributed by atoms with Crippen LogP contribution < -0.4 is 4.74 Å². The fourth-order valence-corrected chi connectivity index (χ4v) is 3.15. The number of hydrogen-bond donors (Lipinski definition) is 1. The van der Waals surface area contributed by atoms with Crippen molar-refractivity contribution < 1.29 is 9.84 Å². The minimum Gasteiger partial charge on any atom is -0.507 e. The number of benzene rings is 3. The molecular formula is C25H25NO2. The molecule has 0 saturated heterocycles. The van der Waals surface area contributed by atoms with Gasteiger partial charge in [0.25, 0.3) is 0 Å². The van der Waals surface area contributed by atoms with Gasteiger partial charge in [-0.1, -0.05) is 81.1 Å². The summed E-state index contributed by atoms with van der Waals surface area (Å²) in [5.41, 5.74) is 3.04. The highest BCUT2D eigenvalue weighted by molar-refractivity contribution is 5.87. The molecule has 3 nitrogen and oxygen atoms in total. The van der Waals surface area contributed by atoms with E-state index in [9.17, 15) is 5.11 Å². The van der Waals surface area contributed by atoms with Crippen molar-refractivity contribution in [1.29, 1.82) is 0 Å². The molecule has 0 amide bonds. The normalized spacial score (nSPS) is 11.5. The van der Waals surface area contributed by atoms with E-state index in [0.29, 0.717) is 23.6 Å². The first-order valence-electron chi connectivity index (χ1n) is 9.29. The van der Waals surface area contributed by atoms with E-state index in [4.69, 9.17) is 4.74 Å². The minimum atomic E-state index is -0.333. The van der Waals surface area contributed by atoms with E-state index < -0.39 is 0 Å². The van der Waals surface area contributed by atoms with Crippen molar-refractivity contribution in [3.05, 3.63) is 102 Å². The van der Waals surface area contributed by atoms with Gasteiger partial charge in [0, 0.05) is 22.8 Å². The summed E-state index contributed by atoms with van der Waals surface area (Å²) in [6.45, 7) is 8.30. The monoisotopic (exact) mass is 371 g/mol. The third kappa shape index (κ3) is 4.15. The second-order valence-electron chi connectivity index (χ2n) is 7.06. The lowest BCUT2D eigenvalue weighted by Crippen LogP contribution is -2.19. The van der Waals surface area contributed by atoms with Crippen molar-refractivity contribution in [2.24, 2.45) is 4.99 Å². The van der Waals surface area contributed by atoms with E-state index in [1.165, 1.54) is 0 Å². The highest BCUT2D eigenvalue weighted by atomic mass is 16.5. The van der Waals surface area contributed by atoms with Gasteiger partial charge in [-0.05, 0) is 23.8 Å². The molecule has 0 aliphatic heterocycles. The Morgan fingerprint density at radius 2 is 1.68 bits per heavy atom. The summed E-state index contributed by atoms with van der Waals surface area (Å²) in [6, 6.07) is 23.5. The first kappa shape index (κ1) is 19.4. The Balaban J connectivity index is 1.94. The van der Waals surface area contributed by atoms with Gasteiger partial charge in [0.2, 0.25) is 0 Å². The molecule has 142 valence electrons. The van der Waals surface area contributed by atoms with E-state index in [-0.39, 0.29) is 11.2 Å². The fraction of sp³-hybridized carbons (Fsp3) is 0.160. The van der Waals surface area contributed by atoms with Crippen LogP contribution in [0, 0.1) is 0 Å². The number of rotatable bonds is 7. The summed E-state index contributed by atoms with van der Waals surface area (Å²) >= 11 is 0. The maximum absolute atomic E-state index is 10.9. The van der Waals surface area contributed by atoms with Crippen LogP contribution in [0.4, 0.5) is 5.69 Å². The molecule has 1 N–H and O–H groups in total. The number of nitrogens with zero attached hydrogens (tertiary/aromatic N) is 1. The van der Waals surface area contributed by atoms with Gasteiger partial charge < -0.3 is 9.84 Å². The lowest BCUT2D eigenvalue weighted by Gasteiger charge is -2.27. The standard InChI is InChI=1S/C25H25NO2/c1-4-17-28-23-16-9-8-15-22(23)26-18-19-11-10-14-21(24(19)27)25(2,3)20-12-6-5-7-13-20/h4-16,18,27H,1,17H2,2-3H3. The summed E-state index contributed by atoms with van der Waals surface area (Å²) in [5, 5.41) is 10.9. The predicted octanol–water partition coefficient (Wildman–Crippen LogP) is 6.03. The summed E-state index contributed by atoms with van der Waals surface area (Å²) < 4.78 is 5.65. The van der Waals surface area contributed by atoms with Gasteiger partial charge in [0.15, 0.2) is 0 Å². The van der Waals surface area contributed by atoms with Gasteiger partial charge in [-0.15, -0.1) is 0 Å². The van der Waals surface area contributed by atoms with Gasteiger partial charge in [-0.2, -0.15) is 0 Å². The minimum absolute atomic E-state index is 0.240. The van der Waals surface area contributed by atoms with Gasteiger partial charge in [-0.3, -0.25) is 4.99 Å². The van der Waals surface area contributed by atoms with Crippen LogP contribution in [0.15, 0.2) is 90.4 Å². The number of aromatic hydroxyl groups is 1. The number of hydrogen-bond acceptors (Lipinski definition) is 3. The van der Waals surface area contributed by atoms with Crippen LogP contribution in [-0.4, -0.2) is 17.9 Å². The van der Waals surface area contributed by atoms with Crippen molar-refractivity contribution in [3.63, 3.8) is 0 Å². The zero-order chi connectivity index (χ0) is 20.0. The molecule has 0 saturated carbocycles. The molecule has 28 heavy (non-hydrogen) atoms. The van der Waals surface area contributed by atoms with Crippen molar-refractivity contribution in [2.75, 3.05) is 6.61 Å². The SMILES string of the molecule is C=CCOc1ccccc1N=Cc1cccc(C(C)(C)c2ccccc2)c1O.